The van der Waals surface area contributed by atoms with Gasteiger partial charge in [0, 0.05) is 13.1 Å². The van der Waals surface area contributed by atoms with Gasteiger partial charge in [-0.15, -0.1) is 0 Å². The average Bonchev–Trinajstić information content (AvgIpc) is 3.02. The topological polar surface area (TPSA) is 79.6 Å². The van der Waals surface area contributed by atoms with Crippen molar-refractivity contribution in [1.29, 1.82) is 0 Å². The first-order valence-corrected chi connectivity index (χ1v) is 10.9. The van der Waals surface area contributed by atoms with E-state index in [1.54, 1.807) is 18.2 Å². The van der Waals surface area contributed by atoms with Gasteiger partial charge in [-0.05, 0) is 68.2 Å². The molecule has 7 heteroatoms. The number of nitrogens with zero attached hydrogens (tertiary/aromatic N) is 1. The zero-order chi connectivity index (χ0) is 21.1. The third-order valence-electron chi connectivity index (χ3n) is 4.73. The van der Waals surface area contributed by atoms with E-state index in [0.717, 1.165) is 17.4 Å². The summed E-state index contributed by atoms with van der Waals surface area (Å²) in [6.45, 7) is 8.26. The Bertz CT molecular complexity index is 990. The first-order chi connectivity index (χ1) is 13.0. The SMILES string of the molecule is Cc1cc(C)c(C(C)NC(=O)/C=C/c2ccc(CN(C)S(C)(=O)=O)o2)cc1C. The number of furan rings is 1. The molecule has 6 nitrogen and oxygen atoms in total. The number of amides is 1. The molecule has 2 aromatic rings. The summed E-state index contributed by atoms with van der Waals surface area (Å²) < 4.78 is 29.7. The summed E-state index contributed by atoms with van der Waals surface area (Å²) in [4.78, 5) is 12.3. The molecule has 152 valence electrons. The molecule has 0 radical (unpaired) electrons. The van der Waals surface area contributed by atoms with E-state index in [1.807, 2.05) is 13.8 Å². The molecule has 1 unspecified atom stereocenters. The predicted octanol–water partition coefficient (Wildman–Crippen LogP) is 3.49. The van der Waals surface area contributed by atoms with Crippen molar-refractivity contribution in [2.45, 2.75) is 40.3 Å². The predicted molar refractivity (Wildman–Crippen MR) is 111 cm³/mol. The second kappa shape index (κ2) is 8.75. The van der Waals surface area contributed by atoms with Crippen molar-refractivity contribution in [2.75, 3.05) is 13.3 Å². The molecule has 0 saturated heterocycles. The van der Waals surface area contributed by atoms with Gasteiger partial charge < -0.3 is 9.73 Å². The van der Waals surface area contributed by atoms with Crippen LogP contribution in [0.2, 0.25) is 0 Å². The molecule has 0 spiro atoms. The maximum absolute atomic E-state index is 12.3. The fourth-order valence-corrected chi connectivity index (χ4v) is 3.21. The van der Waals surface area contributed by atoms with Gasteiger partial charge in [0.1, 0.15) is 11.5 Å². The molecule has 1 atom stereocenters. The molecule has 0 aliphatic rings. The van der Waals surface area contributed by atoms with E-state index in [1.165, 1.54) is 28.6 Å². The van der Waals surface area contributed by atoms with Crippen molar-refractivity contribution in [3.63, 3.8) is 0 Å². The smallest absolute Gasteiger partial charge is 0.244 e. The van der Waals surface area contributed by atoms with Gasteiger partial charge in [-0.2, -0.15) is 4.31 Å². The maximum Gasteiger partial charge on any atom is 0.244 e. The van der Waals surface area contributed by atoms with Gasteiger partial charge in [-0.3, -0.25) is 4.79 Å². The number of rotatable bonds is 7. The first-order valence-electron chi connectivity index (χ1n) is 9.03. The van der Waals surface area contributed by atoms with Crippen molar-refractivity contribution in [3.05, 3.63) is 64.1 Å². The van der Waals surface area contributed by atoms with Crippen LogP contribution in [0.4, 0.5) is 0 Å². The largest absolute Gasteiger partial charge is 0.460 e. The van der Waals surface area contributed by atoms with Gasteiger partial charge in [0.25, 0.3) is 0 Å². The van der Waals surface area contributed by atoms with E-state index in [0.29, 0.717) is 11.5 Å². The molecule has 0 aliphatic carbocycles. The number of benzene rings is 1. The minimum atomic E-state index is -3.28. The lowest BCUT2D eigenvalue weighted by Gasteiger charge is -2.17. The summed E-state index contributed by atoms with van der Waals surface area (Å²) in [5.41, 5.74) is 4.66. The molecule has 1 heterocycles. The van der Waals surface area contributed by atoms with Gasteiger partial charge in [-0.1, -0.05) is 12.1 Å². The lowest BCUT2D eigenvalue weighted by molar-refractivity contribution is -0.117. The van der Waals surface area contributed by atoms with Crippen LogP contribution < -0.4 is 5.32 Å². The Morgan fingerprint density at radius 3 is 2.46 bits per heavy atom. The molecule has 28 heavy (non-hydrogen) atoms. The van der Waals surface area contributed by atoms with Gasteiger partial charge in [0.15, 0.2) is 0 Å². The van der Waals surface area contributed by atoms with E-state index >= 15 is 0 Å². The summed E-state index contributed by atoms with van der Waals surface area (Å²) in [6.07, 6.45) is 4.12. The van der Waals surface area contributed by atoms with E-state index in [4.69, 9.17) is 4.42 Å². The third kappa shape index (κ3) is 5.81. The van der Waals surface area contributed by atoms with Crippen LogP contribution in [0.1, 0.15) is 46.7 Å². The fraction of sp³-hybridized carbons (Fsp3) is 0.381. The normalized spacial score (nSPS) is 13.2. The Morgan fingerprint density at radius 1 is 1.18 bits per heavy atom. The Hall–Kier alpha value is -2.38. The number of hydrogen-bond donors (Lipinski definition) is 1. The van der Waals surface area contributed by atoms with Crippen LogP contribution in [0.15, 0.2) is 34.8 Å². The Morgan fingerprint density at radius 2 is 1.82 bits per heavy atom. The van der Waals surface area contributed by atoms with Crippen LogP contribution in [0.5, 0.6) is 0 Å². The Balaban J connectivity index is 2.00. The molecule has 1 aromatic carbocycles. The zero-order valence-corrected chi connectivity index (χ0v) is 18.1. The molecular weight excluding hydrogens is 376 g/mol. The van der Waals surface area contributed by atoms with Crippen LogP contribution in [-0.4, -0.2) is 31.9 Å². The van der Waals surface area contributed by atoms with Gasteiger partial charge in [0.2, 0.25) is 15.9 Å². The van der Waals surface area contributed by atoms with Crippen molar-refractivity contribution >= 4 is 22.0 Å². The number of aryl methyl sites for hydroxylation is 3. The van der Waals surface area contributed by atoms with Gasteiger partial charge >= 0.3 is 0 Å². The van der Waals surface area contributed by atoms with Crippen molar-refractivity contribution < 1.29 is 17.6 Å². The Kier molecular flexibility index (Phi) is 6.85. The van der Waals surface area contributed by atoms with Crippen molar-refractivity contribution in [1.82, 2.24) is 9.62 Å². The molecular formula is C21H28N2O4S. The summed E-state index contributed by atoms with van der Waals surface area (Å²) >= 11 is 0. The minimum absolute atomic E-state index is 0.118. The van der Waals surface area contributed by atoms with E-state index < -0.39 is 10.0 Å². The molecule has 0 bridgehead atoms. The Labute approximate surface area is 167 Å². The second-order valence-electron chi connectivity index (χ2n) is 7.18. The van der Waals surface area contributed by atoms with Crippen molar-refractivity contribution in [2.24, 2.45) is 0 Å². The van der Waals surface area contributed by atoms with Crippen molar-refractivity contribution in [3.8, 4) is 0 Å². The summed E-state index contributed by atoms with van der Waals surface area (Å²) in [6, 6.07) is 7.51. The highest BCUT2D eigenvalue weighted by Crippen LogP contribution is 2.21. The molecule has 0 fully saturated rings. The van der Waals surface area contributed by atoms with Crippen LogP contribution in [-0.2, 0) is 21.4 Å². The van der Waals surface area contributed by atoms with Gasteiger partial charge in [-0.25, -0.2) is 8.42 Å². The van der Waals surface area contributed by atoms with Gasteiger partial charge in [0.05, 0.1) is 18.8 Å². The summed E-state index contributed by atoms with van der Waals surface area (Å²) in [7, 11) is -1.79. The van der Waals surface area contributed by atoms with E-state index in [-0.39, 0.29) is 18.5 Å². The molecule has 1 amide bonds. The van der Waals surface area contributed by atoms with Crippen LogP contribution in [0.3, 0.4) is 0 Å². The average molecular weight is 405 g/mol. The molecule has 1 aromatic heterocycles. The first kappa shape index (κ1) is 21.9. The zero-order valence-electron chi connectivity index (χ0n) is 17.2. The fourth-order valence-electron chi connectivity index (χ4n) is 2.85. The highest BCUT2D eigenvalue weighted by molar-refractivity contribution is 7.88. The number of sulfonamides is 1. The lowest BCUT2D eigenvalue weighted by Crippen LogP contribution is -2.25. The molecule has 1 N–H and O–H groups in total. The molecule has 2 rings (SSSR count). The summed E-state index contributed by atoms with van der Waals surface area (Å²) in [5.74, 6) is 0.769. The van der Waals surface area contributed by atoms with Crippen LogP contribution in [0.25, 0.3) is 6.08 Å². The number of carbonyl (C=O) groups is 1. The number of hydrogen-bond acceptors (Lipinski definition) is 4. The highest BCUT2D eigenvalue weighted by Gasteiger charge is 2.14. The monoisotopic (exact) mass is 404 g/mol. The minimum Gasteiger partial charge on any atom is -0.460 e. The van der Waals surface area contributed by atoms with E-state index in [2.05, 4.69) is 31.3 Å². The summed E-state index contributed by atoms with van der Waals surface area (Å²) in [5, 5.41) is 2.96. The number of nitrogens with one attached hydrogen (secondary N) is 1. The standard InChI is InChI=1S/C21H28N2O4S/c1-14-11-16(3)20(12-15(14)2)17(4)22-21(24)10-9-18-7-8-19(27-18)13-23(5)28(6,25)26/h7-12,17H,13H2,1-6H3,(H,22,24)/b10-9+. The third-order valence-corrected chi connectivity index (χ3v) is 6.00. The lowest BCUT2D eigenvalue weighted by atomic mass is 9.96. The van der Waals surface area contributed by atoms with Crippen LogP contribution in [0, 0.1) is 20.8 Å². The maximum atomic E-state index is 12.3. The highest BCUT2D eigenvalue weighted by atomic mass is 32.2. The van der Waals surface area contributed by atoms with E-state index in [9.17, 15) is 13.2 Å². The quantitative estimate of drug-likeness (QED) is 0.717. The number of carbonyl (C=O) groups excluding carboxylic acids is 1. The molecule has 0 aliphatic heterocycles. The van der Waals surface area contributed by atoms with Crippen LogP contribution >= 0.6 is 0 Å². The second-order valence-corrected chi connectivity index (χ2v) is 9.27. The molecule has 0 saturated carbocycles.